The van der Waals surface area contributed by atoms with Crippen LogP contribution in [-0.4, -0.2) is 33.9 Å². The first-order valence-corrected chi connectivity index (χ1v) is 10.5. The van der Waals surface area contributed by atoms with Gasteiger partial charge in [-0.2, -0.15) is 5.26 Å². The Morgan fingerprint density at radius 3 is 2.21 bits per heavy atom. The largest absolute Gasteiger partial charge is 0.318 e. The van der Waals surface area contributed by atoms with Crippen LogP contribution < -0.4 is 0 Å². The maximum atomic E-state index is 13.3. The Morgan fingerprint density at radius 2 is 1.64 bits per heavy atom. The van der Waals surface area contributed by atoms with Crippen LogP contribution in [0.4, 0.5) is 0 Å². The fraction of sp³-hybridized carbons (Fsp3) is 0.500. The molecular formula is C24H27N3O. The van der Waals surface area contributed by atoms with E-state index in [1.54, 1.807) is 0 Å². The van der Waals surface area contributed by atoms with Gasteiger partial charge in [0.1, 0.15) is 0 Å². The first kappa shape index (κ1) is 17.7. The normalized spacial score (nSPS) is 28.5. The van der Waals surface area contributed by atoms with Crippen molar-refractivity contribution in [3.8, 4) is 11.8 Å². The van der Waals surface area contributed by atoms with E-state index in [-0.39, 0.29) is 5.78 Å². The van der Waals surface area contributed by atoms with E-state index < -0.39 is 0 Å². The number of hydrogen-bond acceptors (Lipinski definition) is 3. The fourth-order valence-electron chi connectivity index (χ4n) is 6.26. The van der Waals surface area contributed by atoms with Gasteiger partial charge in [0.25, 0.3) is 0 Å². The molecule has 3 heterocycles. The highest BCUT2D eigenvalue weighted by atomic mass is 16.1. The molecule has 4 fully saturated rings. The second-order valence-electron chi connectivity index (χ2n) is 9.09. The Balaban J connectivity index is 1.39. The van der Waals surface area contributed by atoms with Crippen molar-refractivity contribution in [3.63, 3.8) is 0 Å². The molecule has 0 N–H and O–H groups in total. The molecule has 1 aromatic heterocycles. The third-order valence-electron chi connectivity index (χ3n) is 7.34. The lowest BCUT2D eigenvalue weighted by atomic mass is 9.63. The number of nitrogens with zero attached hydrogens (tertiary/aromatic N) is 3. The Labute approximate surface area is 166 Å². The summed E-state index contributed by atoms with van der Waals surface area (Å²) in [4.78, 5) is 15.8. The number of aryl methyl sites for hydroxylation is 1. The average molecular weight is 374 g/mol. The van der Waals surface area contributed by atoms with Crippen LogP contribution in [0.5, 0.6) is 0 Å². The van der Waals surface area contributed by atoms with E-state index in [2.05, 4.69) is 15.5 Å². The molecule has 2 saturated heterocycles. The molecule has 2 aromatic rings. The number of Topliss-reactive ketones (excluding diaryl/α,β-unsaturated/α-hetero) is 1. The minimum Gasteiger partial charge on any atom is -0.318 e. The van der Waals surface area contributed by atoms with Gasteiger partial charge in [-0.3, -0.25) is 9.69 Å². The summed E-state index contributed by atoms with van der Waals surface area (Å²) < 4.78 is 2.13. The zero-order chi connectivity index (χ0) is 19.4. The Kier molecular flexibility index (Phi) is 4.17. The van der Waals surface area contributed by atoms with E-state index >= 15 is 0 Å². The van der Waals surface area contributed by atoms with Gasteiger partial charge in [-0.25, -0.2) is 0 Å². The average Bonchev–Trinajstić information content (AvgIpc) is 2.98. The predicted molar refractivity (Wildman–Crippen MR) is 109 cm³/mol. The van der Waals surface area contributed by atoms with E-state index in [9.17, 15) is 4.79 Å². The van der Waals surface area contributed by atoms with Gasteiger partial charge >= 0.3 is 0 Å². The molecule has 4 nitrogen and oxygen atoms in total. The Morgan fingerprint density at radius 1 is 1.04 bits per heavy atom. The van der Waals surface area contributed by atoms with Crippen LogP contribution in [0.15, 0.2) is 30.3 Å². The summed E-state index contributed by atoms with van der Waals surface area (Å²) in [6.45, 7) is 4.64. The summed E-state index contributed by atoms with van der Waals surface area (Å²) in [5.74, 6) is 2.08. The molecule has 4 heteroatoms. The molecule has 144 valence electrons. The van der Waals surface area contributed by atoms with E-state index in [4.69, 9.17) is 5.26 Å². The molecule has 4 aliphatic rings. The molecule has 2 aliphatic heterocycles. The molecule has 28 heavy (non-hydrogen) atoms. The summed E-state index contributed by atoms with van der Waals surface area (Å²) in [5, 5.41) is 9.02. The van der Waals surface area contributed by atoms with Crippen molar-refractivity contribution in [3.05, 3.63) is 52.8 Å². The summed E-state index contributed by atoms with van der Waals surface area (Å²) in [5.41, 5.74) is 4.55. The fourth-order valence-corrected chi connectivity index (χ4v) is 6.26. The zero-order valence-corrected chi connectivity index (χ0v) is 16.7. The van der Waals surface area contributed by atoms with Gasteiger partial charge in [-0.1, -0.05) is 0 Å². The molecule has 0 amide bonds. The number of carbonyl (C=O) groups excluding carboxylic acids is 1. The molecule has 0 radical (unpaired) electrons. The van der Waals surface area contributed by atoms with Crippen molar-refractivity contribution in [2.75, 3.05) is 6.54 Å². The maximum absolute atomic E-state index is 13.3. The van der Waals surface area contributed by atoms with Crippen LogP contribution in [0, 0.1) is 37.0 Å². The van der Waals surface area contributed by atoms with Crippen LogP contribution in [0.25, 0.3) is 5.69 Å². The number of piperidine rings is 2. The van der Waals surface area contributed by atoms with Crippen LogP contribution in [0.1, 0.15) is 59.4 Å². The second-order valence-corrected chi connectivity index (χ2v) is 9.09. The number of hydrogen-bond donors (Lipinski definition) is 0. The second kappa shape index (κ2) is 6.60. The number of carbonyl (C=O) groups is 1. The molecule has 4 bridgehead atoms. The summed E-state index contributed by atoms with van der Waals surface area (Å²) in [6, 6.07) is 13.0. The van der Waals surface area contributed by atoms with Crippen molar-refractivity contribution in [2.24, 2.45) is 11.8 Å². The number of aromatic nitrogens is 1. The number of benzene rings is 1. The lowest BCUT2D eigenvalue weighted by molar-refractivity contribution is -0.0537. The quantitative estimate of drug-likeness (QED) is 0.746. The smallest absolute Gasteiger partial charge is 0.178 e. The van der Waals surface area contributed by atoms with Crippen LogP contribution in [0.2, 0.25) is 0 Å². The standard InChI is InChI=1S/C24H27N3O/c1-15-7-23(16(2)27(15)20-5-3-17(13-25)4-6-20)24(28)14-26-21-9-18-8-19(11-21)12-22(26)10-18/h3-7,18-19,21-22H,8-12,14H2,1-2H3. The van der Waals surface area contributed by atoms with Crippen molar-refractivity contribution < 1.29 is 4.79 Å². The summed E-state index contributed by atoms with van der Waals surface area (Å²) in [6.07, 6.45) is 6.62. The van der Waals surface area contributed by atoms with Gasteiger partial charge in [0.15, 0.2) is 5.78 Å². The molecule has 0 atom stereocenters. The lowest BCUT2D eigenvalue weighted by Crippen LogP contribution is -2.59. The minimum atomic E-state index is 0.250. The van der Waals surface area contributed by atoms with Gasteiger partial charge in [0.2, 0.25) is 0 Å². The van der Waals surface area contributed by atoms with Crippen molar-refractivity contribution >= 4 is 5.78 Å². The van der Waals surface area contributed by atoms with Crippen molar-refractivity contribution in [2.45, 2.75) is 58.0 Å². The van der Waals surface area contributed by atoms with E-state index in [0.717, 1.165) is 34.5 Å². The van der Waals surface area contributed by atoms with Crippen molar-refractivity contribution in [1.82, 2.24) is 9.47 Å². The molecule has 2 saturated carbocycles. The van der Waals surface area contributed by atoms with E-state index in [1.165, 1.54) is 32.1 Å². The molecule has 0 spiro atoms. The minimum absolute atomic E-state index is 0.250. The van der Waals surface area contributed by atoms with Crippen molar-refractivity contribution in [1.29, 1.82) is 5.26 Å². The monoisotopic (exact) mass is 373 g/mol. The third-order valence-corrected chi connectivity index (χ3v) is 7.34. The molecule has 2 aliphatic carbocycles. The Bertz CT molecular complexity index is 935. The molecular weight excluding hydrogens is 346 g/mol. The van der Waals surface area contributed by atoms with Crippen LogP contribution in [0.3, 0.4) is 0 Å². The van der Waals surface area contributed by atoms with Gasteiger partial charge in [-0.15, -0.1) is 0 Å². The van der Waals surface area contributed by atoms with Gasteiger partial charge in [-0.05, 0) is 88.1 Å². The van der Waals surface area contributed by atoms with Crippen LogP contribution in [-0.2, 0) is 0 Å². The highest BCUT2D eigenvalue weighted by molar-refractivity contribution is 5.99. The van der Waals surface area contributed by atoms with Gasteiger partial charge in [0, 0.05) is 34.7 Å². The highest BCUT2D eigenvalue weighted by Crippen LogP contribution is 2.49. The number of ketones is 1. The first-order valence-electron chi connectivity index (χ1n) is 10.5. The third kappa shape index (κ3) is 2.81. The van der Waals surface area contributed by atoms with Gasteiger partial charge in [0.05, 0.1) is 18.2 Å². The van der Waals surface area contributed by atoms with E-state index in [0.29, 0.717) is 24.2 Å². The summed E-state index contributed by atoms with van der Waals surface area (Å²) in [7, 11) is 0. The molecule has 1 aromatic carbocycles. The molecule has 0 unspecified atom stereocenters. The van der Waals surface area contributed by atoms with Crippen LogP contribution >= 0.6 is 0 Å². The molecule has 6 rings (SSSR count). The topological polar surface area (TPSA) is 49.0 Å². The first-order chi connectivity index (χ1) is 13.5. The van der Waals surface area contributed by atoms with Gasteiger partial charge < -0.3 is 4.57 Å². The number of nitriles is 1. The van der Waals surface area contributed by atoms with E-state index in [1.807, 2.05) is 44.2 Å². The Hall–Kier alpha value is -2.38. The summed E-state index contributed by atoms with van der Waals surface area (Å²) >= 11 is 0. The SMILES string of the molecule is Cc1cc(C(=O)CN2C3CC4CC(C3)CC2C4)c(C)n1-c1ccc(C#N)cc1. The predicted octanol–water partition coefficient (Wildman–Crippen LogP) is 4.41. The zero-order valence-electron chi connectivity index (χ0n) is 16.7. The maximum Gasteiger partial charge on any atom is 0.178 e. The lowest BCUT2D eigenvalue weighted by Gasteiger charge is -2.56. The number of rotatable bonds is 4. The highest BCUT2D eigenvalue weighted by Gasteiger charge is 2.47.